The van der Waals surface area contributed by atoms with Crippen LogP contribution in [0.1, 0.15) is 11.3 Å². The maximum absolute atomic E-state index is 12.0. The highest BCUT2D eigenvalue weighted by Gasteiger charge is 2.15. The Morgan fingerprint density at radius 2 is 2.13 bits per heavy atom. The van der Waals surface area contributed by atoms with Gasteiger partial charge in [0.15, 0.2) is 0 Å². The van der Waals surface area contributed by atoms with E-state index in [1.807, 2.05) is 26.0 Å². The fourth-order valence-corrected chi connectivity index (χ4v) is 2.05. The van der Waals surface area contributed by atoms with E-state index >= 15 is 0 Å². The second-order valence-corrected chi connectivity index (χ2v) is 5.07. The van der Waals surface area contributed by atoms with Crippen molar-refractivity contribution in [3.8, 4) is 5.88 Å². The highest BCUT2D eigenvalue weighted by Crippen LogP contribution is 2.25. The van der Waals surface area contributed by atoms with Gasteiger partial charge in [-0.15, -0.1) is 5.10 Å². The number of anilines is 2. The largest absolute Gasteiger partial charge is 0.478 e. The van der Waals surface area contributed by atoms with Crippen LogP contribution < -0.4 is 20.7 Å². The van der Waals surface area contributed by atoms with Gasteiger partial charge in [0.05, 0.1) is 12.8 Å². The van der Waals surface area contributed by atoms with Crippen molar-refractivity contribution in [3.05, 3.63) is 29.6 Å². The number of pyridine rings is 1. The van der Waals surface area contributed by atoms with Gasteiger partial charge in [0.25, 0.3) is 5.88 Å². The topological polar surface area (TPSA) is 93.1 Å². The molecule has 2 heterocycles. The summed E-state index contributed by atoms with van der Waals surface area (Å²) < 4.78 is 6.80. The van der Waals surface area contributed by atoms with Crippen LogP contribution in [0.2, 0.25) is 0 Å². The van der Waals surface area contributed by atoms with E-state index in [0.717, 1.165) is 17.1 Å². The Balaban J connectivity index is 1.81. The fourth-order valence-electron chi connectivity index (χ4n) is 2.05. The van der Waals surface area contributed by atoms with Crippen molar-refractivity contribution in [2.45, 2.75) is 13.8 Å². The molecule has 23 heavy (non-hydrogen) atoms. The van der Waals surface area contributed by atoms with E-state index in [0.29, 0.717) is 24.7 Å². The number of amides is 2. The zero-order valence-corrected chi connectivity index (χ0v) is 13.8. The normalized spacial score (nSPS) is 10.3. The van der Waals surface area contributed by atoms with Gasteiger partial charge in [-0.05, 0) is 25.5 Å². The summed E-state index contributed by atoms with van der Waals surface area (Å²) in [5.41, 5.74) is 2.45. The maximum atomic E-state index is 12.0. The molecule has 0 radical (unpaired) electrons. The summed E-state index contributed by atoms with van der Waals surface area (Å²) in [7, 11) is 3.31. The number of aromatic nitrogens is 3. The van der Waals surface area contributed by atoms with Crippen LogP contribution >= 0.6 is 0 Å². The molecule has 2 rings (SSSR count). The summed E-state index contributed by atoms with van der Waals surface area (Å²) in [5.74, 6) is 1.21. The zero-order valence-electron chi connectivity index (χ0n) is 13.8. The molecule has 2 aromatic rings. The number of ether oxygens (including phenoxy) is 1. The number of nitrogens with one attached hydrogen (secondary N) is 3. The molecule has 0 saturated carbocycles. The van der Waals surface area contributed by atoms with Crippen molar-refractivity contribution < 1.29 is 9.53 Å². The van der Waals surface area contributed by atoms with Crippen LogP contribution in [0.25, 0.3) is 0 Å². The molecule has 0 aliphatic rings. The highest BCUT2D eigenvalue weighted by molar-refractivity contribution is 5.91. The van der Waals surface area contributed by atoms with E-state index in [1.165, 1.54) is 7.11 Å². The number of hydrogen-bond acceptors (Lipinski definition) is 5. The summed E-state index contributed by atoms with van der Waals surface area (Å²) in [5, 5.41) is 12.9. The maximum Gasteiger partial charge on any atom is 0.319 e. The summed E-state index contributed by atoms with van der Waals surface area (Å²) in [6.07, 6.45) is 1.73. The van der Waals surface area contributed by atoms with Gasteiger partial charge in [-0.25, -0.2) is 9.78 Å². The Labute approximate surface area is 135 Å². The zero-order chi connectivity index (χ0) is 16.8. The molecule has 0 unspecified atom stereocenters. The Kier molecular flexibility index (Phi) is 5.40. The molecule has 0 atom stereocenters. The number of carbonyl (C=O) groups excluding carboxylic acids is 1. The fraction of sp³-hybridized carbons (Fsp3) is 0.400. The van der Waals surface area contributed by atoms with Gasteiger partial charge in [-0.2, -0.15) is 0 Å². The Morgan fingerprint density at radius 1 is 1.35 bits per heavy atom. The molecule has 0 aliphatic heterocycles. The van der Waals surface area contributed by atoms with E-state index in [2.05, 4.69) is 26.0 Å². The highest BCUT2D eigenvalue weighted by atomic mass is 16.5. The number of methoxy groups -OCH3 is 1. The molecule has 0 bridgehead atoms. The van der Waals surface area contributed by atoms with Gasteiger partial charge in [0.2, 0.25) is 0 Å². The van der Waals surface area contributed by atoms with Gasteiger partial charge < -0.3 is 20.7 Å². The van der Waals surface area contributed by atoms with E-state index in [4.69, 9.17) is 4.74 Å². The predicted molar refractivity (Wildman–Crippen MR) is 89.0 cm³/mol. The van der Waals surface area contributed by atoms with Crippen LogP contribution in [-0.4, -0.2) is 41.0 Å². The average molecular weight is 318 g/mol. The number of nitrogens with zero attached hydrogens (tertiary/aromatic N) is 3. The van der Waals surface area contributed by atoms with Crippen LogP contribution in [-0.2, 0) is 7.05 Å². The summed E-state index contributed by atoms with van der Waals surface area (Å²) in [6.45, 7) is 4.88. The van der Waals surface area contributed by atoms with E-state index in [9.17, 15) is 4.79 Å². The van der Waals surface area contributed by atoms with Crippen LogP contribution in [0.5, 0.6) is 5.88 Å². The smallest absolute Gasteiger partial charge is 0.319 e. The number of hydrogen-bond donors (Lipinski definition) is 3. The van der Waals surface area contributed by atoms with E-state index in [-0.39, 0.29) is 6.03 Å². The first-order valence-electron chi connectivity index (χ1n) is 7.31. The SMILES string of the molecule is COc1nn(C)c(C)c1NC(=O)NCCNc1ncccc1C. The lowest BCUT2D eigenvalue weighted by Crippen LogP contribution is -2.33. The quantitative estimate of drug-likeness (QED) is 0.705. The second kappa shape index (κ2) is 7.48. The van der Waals surface area contributed by atoms with Gasteiger partial charge in [-0.3, -0.25) is 4.68 Å². The molecule has 0 saturated heterocycles. The molecule has 0 aromatic carbocycles. The predicted octanol–water partition coefficient (Wildman–Crippen LogP) is 1.67. The molecular formula is C15H22N6O2. The van der Waals surface area contributed by atoms with Crippen molar-refractivity contribution in [2.24, 2.45) is 7.05 Å². The van der Waals surface area contributed by atoms with Crippen molar-refractivity contribution in [1.29, 1.82) is 0 Å². The van der Waals surface area contributed by atoms with Crippen molar-refractivity contribution in [2.75, 3.05) is 30.8 Å². The average Bonchev–Trinajstić information content (AvgIpc) is 2.81. The third kappa shape index (κ3) is 4.12. The van der Waals surface area contributed by atoms with Crippen LogP contribution in [0.4, 0.5) is 16.3 Å². The lowest BCUT2D eigenvalue weighted by molar-refractivity contribution is 0.252. The summed E-state index contributed by atoms with van der Waals surface area (Å²) in [6, 6.07) is 3.56. The third-order valence-corrected chi connectivity index (χ3v) is 3.45. The van der Waals surface area contributed by atoms with Gasteiger partial charge in [0.1, 0.15) is 11.5 Å². The second-order valence-electron chi connectivity index (χ2n) is 5.07. The van der Waals surface area contributed by atoms with Gasteiger partial charge in [-0.1, -0.05) is 6.07 Å². The monoisotopic (exact) mass is 318 g/mol. The molecule has 0 aliphatic carbocycles. The number of aryl methyl sites for hydroxylation is 2. The van der Waals surface area contributed by atoms with Crippen LogP contribution in [0.15, 0.2) is 18.3 Å². The Bertz CT molecular complexity index is 683. The first-order chi connectivity index (χ1) is 11.0. The van der Waals surface area contributed by atoms with Crippen molar-refractivity contribution in [3.63, 3.8) is 0 Å². The number of rotatable bonds is 6. The van der Waals surface area contributed by atoms with Crippen molar-refractivity contribution in [1.82, 2.24) is 20.1 Å². The minimum atomic E-state index is -0.307. The summed E-state index contributed by atoms with van der Waals surface area (Å²) in [4.78, 5) is 16.2. The minimum absolute atomic E-state index is 0.307. The first-order valence-corrected chi connectivity index (χ1v) is 7.31. The van der Waals surface area contributed by atoms with E-state index in [1.54, 1.807) is 17.9 Å². The molecule has 2 aromatic heterocycles. The van der Waals surface area contributed by atoms with Crippen molar-refractivity contribution >= 4 is 17.5 Å². The Morgan fingerprint density at radius 3 is 2.83 bits per heavy atom. The third-order valence-electron chi connectivity index (χ3n) is 3.45. The van der Waals surface area contributed by atoms with Crippen LogP contribution in [0, 0.1) is 13.8 Å². The number of carbonyl (C=O) groups is 1. The molecule has 0 fully saturated rings. The minimum Gasteiger partial charge on any atom is -0.478 e. The molecule has 3 N–H and O–H groups in total. The molecule has 8 nitrogen and oxygen atoms in total. The van der Waals surface area contributed by atoms with E-state index < -0.39 is 0 Å². The molecule has 0 spiro atoms. The standard InChI is InChI=1S/C15H22N6O2/c1-10-6-5-7-16-13(10)17-8-9-18-15(22)19-12-11(2)21(3)20-14(12)23-4/h5-7H,8-9H2,1-4H3,(H,16,17)(H2,18,19,22). The lowest BCUT2D eigenvalue weighted by Gasteiger charge is -2.10. The molecular weight excluding hydrogens is 296 g/mol. The van der Waals surface area contributed by atoms with Crippen LogP contribution in [0.3, 0.4) is 0 Å². The molecule has 2 amide bonds. The number of urea groups is 1. The molecule has 8 heteroatoms. The Hall–Kier alpha value is -2.77. The molecule has 124 valence electrons. The van der Waals surface area contributed by atoms with Gasteiger partial charge >= 0.3 is 6.03 Å². The summed E-state index contributed by atoms with van der Waals surface area (Å²) >= 11 is 0. The van der Waals surface area contributed by atoms with Gasteiger partial charge in [0, 0.05) is 26.3 Å². The lowest BCUT2D eigenvalue weighted by atomic mass is 10.3. The first kappa shape index (κ1) is 16.6.